The fraction of sp³-hybridized carbons (Fsp3) is 0.452. The van der Waals surface area contributed by atoms with E-state index in [0.29, 0.717) is 67.1 Å². The molecular formula is C62H73F3N8O7S. The Morgan fingerprint density at radius 3 is 2.41 bits per heavy atom. The Kier molecular flexibility index (Phi) is 15.8. The number of anilines is 2. The van der Waals surface area contributed by atoms with Crippen LogP contribution in [0, 0.1) is 22.4 Å². The smallest absolute Gasteiger partial charge is 0.268 e. The van der Waals surface area contributed by atoms with E-state index in [0.717, 1.165) is 70.3 Å². The Hall–Kier alpha value is -6.48. The number of quaternary nitrogens is 1. The maximum atomic E-state index is 15.9. The van der Waals surface area contributed by atoms with Crippen molar-refractivity contribution in [2.75, 3.05) is 56.5 Å². The number of hydrogen-bond acceptors (Lipinski definition) is 12. The number of carbonyl (C=O) groups is 1. The van der Waals surface area contributed by atoms with Gasteiger partial charge in [0.15, 0.2) is 17.3 Å². The third kappa shape index (κ3) is 11.9. The van der Waals surface area contributed by atoms with E-state index in [4.69, 9.17) is 9.47 Å². The lowest BCUT2D eigenvalue weighted by molar-refractivity contribution is -0.750. The molecular weight excluding hydrogens is 1060 g/mol. The second kappa shape index (κ2) is 22.7. The maximum Gasteiger partial charge on any atom is 0.268 e. The molecule has 1 aromatic heterocycles. The number of halogens is 3. The van der Waals surface area contributed by atoms with Crippen LogP contribution < -0.4 is 29.5 Å². The summed E-state index contributed by atoms with van der Waals surface area (Å²) in [5.74, 6) is -1.76. The zero-order valence-corrected chi connectivity index (χ0v) is 47.5. The largest absolute Gasteiger partial charge is 0.629 e. The summed E-state index contributed by atoms with van der Waals surface area (Å²) in [5, 5.41) is 26.6. The average molecular weight is 1130 g/mol. The first kappa shape index (κ1) is 56.4. The molecule has 3 heterocycles. The van der Waals surface area contributed by atoms with Crippen LogP contribution in [0.4, 0.5) is 30.2 Å². The van der Waals surface area contributed by atoms with Crippen LogP contribution in [0.1, 0.15) is 129 Å². The summed E-state index contributed by atoms with van der Waals surface area (Å²) in [4.78, 5) is 28.8. The number of rotatable bonds is 17. The Morgan fingerprint density at radius 1 is 0.951 bits per heavy atom. The summed E-state index contributed by atoms with van der Waals surface area (Å²) in [5.41, 5.74) is 5.13. The number of sulfonamides is 1. The van der Waals surface area contributed by atoms with E-state index in [2.05, 4.69) is 72.8 Å². The molecule has 4 fully saturated rings. The molecule has 0 bridgehead atoms. The zero-order chi connectivity index (χ0) is 57.0. The lowest BCUT2D eigenvalue weighted by Crippen LogP contribution is -2.98. The number of aliphatic hydroxyl groups is 1. The Labute approximate surface area is 472 Å². The minimum Gasteiger partial charge on any atom is -0.629 e. The number of carbonyl (C=O) groups excluding carboxylic acids is 1. The lowest BCUT2D eigenvalue weighted by Gasteiger charge is -2.58. The van der Waals surface area contributed by atoms with Gasteiger partial charge in [-0.15, -0.1) is 0 Å². The summed E-state index contributed by atoms with van der Waals surface area (Å²) in [6.07, 6.45) is 8.29. The minimum atomic E-state index is -4.74. The van der Waals surface area contributed by atoms with Crippen LogP contribution in [-0.4, -0.2) is 104 Å². The second-order valence-electron chi connectivity index (χ2n) is 23.8. The molecule has 5 N–H and O–H groups in total. The third-order valence-corrected chi connectivity index (χ3v) is 19.1. The van der Waals surface area contributed by atoms with Crippen molar-refractivity contribution < 1.29 is 46.0 Å². The zero-order valence-electron chi connectivity index (χ0n) is 46.7. The molecule has 3 atom stereocenters. The van der Waals surface area contributed by atoms with E-state index >= 15 is 4.39 Å². The number of alkyl halides is 1. The molecule has 0 radical (unpaired) electrons. The second-order valence-corrected chi connectivity index (χ2v) is 25.5. The number of amides is 1. The quantitative estimate of drug-likeness (QED) is 0.0547. The molecule has 2 unspecified atom stereocenters. The van der Waals surface area contributed by atoms with Gasteiger partial charge >= 0.3 is 0 Å². The third-order valence-electron chi connectivity index (χ3n) is 17.8. The number of hydrogen-bond donors (Lipinski definition) is 5. The number of fused-ring (bicyclic) bond motifs is 2. The van der Waals surface area contributed by atoms with E-state index in [1.165, 1.54) is 61.8 Å². The molecule has 3 aliphatic carbocycles. The van der Waals surface area contributed by atoms with E-state index < -0.39 is 49.5 Å². The maximum absolute atomic E-state index is 15.9. The Morgan fingerprint density at radius 2 is 1.69 bits per heavy atom. The Balaban J connectivity index is 0.810. The number of allylic oxidation sites excluding steroid dienone is 1. The van der Waals surface area contributed by atoms with E-state index in [1.54, 1.807) is 12.1 Å². The average Bonchev–Trinajstić information content (AvgIpc) is 4.21. The van der Waals surface area contributed by atoms with Crippen molar-refractivity contribution in [3.8, 4) is 17.2 Å². The molecule has 6 aromatic rings. The molecule has 2 saturated heterocycles. The number of nitrogens with one attached hydrogen (secondary N) is 4. The number of aromatic amines is 1. The van der Waals surface area contributed by atoms with Gasteiger partial charge in [-0.1, -0.05) is 50.2 Å². The molecule has 11 rings (SSSR count). The van der Waals surface area contributed by atoms with Crippen molar-refractivity contribution in [1.82, 2.24) is 24.5 Å². The fourth-order valence-corrected chi connectivity index (χ4v) is 14.3. The van der Waals surface area contributed by atoms with Gasteiger partial charge in [-0.3, -0.25) is 14.6 Å². The van der Waals surface area contributed by atoms with Gasteiger partial charge in [-0.25, -0.2) is 31.3 Å². The molecule has 2 aliphatic heterocycles. The van der Waals surface area contributed by atoms with E-state index in [9.17, 15) is 32.3 Å². The summed E-state index contributed by atoms with van der Waals surface area (Å²) < 4.78 is 86.9. The highest BCUT2D eigenvalue weighted by Gasteiger charge is 2.50. The van der Waals surface area contributed by atoms with Crippen molar-refractivity contribution in [2.45, 2.75) is 127 Å². The van der Waals surface area contributed by atoms with Crippen LogP contribution in [-0.2, 0) is 23.0 Å². The lowest BCUT2D eigenvalue weighted by atomic mass is 9.59. The first-order chi connectivity index (χ1) is 38.7. The van der Waals surface area contributed by atoms with Gasteiger partial charge in [0.05, 0.1) is 30.1 Å². The van der Waals surface area contributed by atoms with E-state index in [1.807, 2.05) is 31.2 Å². The van der Waals surface area contributed by atoms with Gasteiger partial charge in [0, 0.05) is 88.2 Å². The molecule has 81 heavy (non-hydrogen) atoms. The van der Waals surface area contributed by atoms with Crippen molar-refractivity contribution in [3.05, 3.63) is 142 Å². The summed E-state index contributed by atoms with van der Waals surface area (Å²) >= 11 is 0. The first-order valence-corrected chi connectivity index (χ1v) is 30.0. The molecule has 5 aliphatic rings. The highest BCUT2D eigenvalue weighted by Crippen LogP contribution is 2.54. The van der Waals surface area contributed by atoms with Crippen molar-refractivity contribution in [1.29, 1.82) is 0 Å². The van der Waals surface area contributed by atoms with Crippen LogP contribution >= 0.6 is 0 Å². The number of aromatic nitrogens is 2. The summed E-state index contributed by atoms with van der Waals surface area (Å²) in [6.45, 7) is 13.1. The van der Waals surface area contributed by atoms with E-state index in [-0.39, 0.29) is 63.1 Å². The van der Waals surface area contributed by atoms with Crippen molar-refractivity contribution in [2.24, 2.45) is 11.3 Å². The van der Waals surface area contributed by atoms with Crippen LogP contribution in [0.25, 0.3) is 16.9 Å². The monoisotopic (exact) mass is 1130 g/mol. The highest BCUT2D eigenvalue weighted by molar-refractivity contribution is 7.90. The number of piperidine rings is 1. The number of hydroxylamine groups is 1. The van der Waals surface area contributed by atoms with Crippen molar-refractivity contribution in [3.63, 3.8) is 0 Å². The Bertz CT molecular complexity index is 3440. The van der Waals surface area contributed by atoms with Crippen LogP contribution in [0.15, 0.2) is 102 Å². The fourth-order valence-electron chi connectivity index (χ4n) is 13.2. The number of benzene rings is 5. The van der Waals surface area contributed by atoms with Gasteiger partial charge in [-0.05, 0) is 147 Å². The molecule has 430 valence electrons. The first-order valence-electron chi connectivity index (χ1n) is 28.5. The minimum absolute atomic E-state index is 0.00736. The summed E-state index contributed by atoms with van der Waals surface area (Å²) in [7, 11) is -3.41. The van der Waals surface area contributed by atoms with Crippen LogP contribution in [0.3, 0.4) is 0 Å². The molecule has 2 saturated carbocycles. The number of ether oxygens (including phenoxy) is 2. The van der Waals surface area contributed by atoms with Crippen molar-refractivity contribution >= 4 is 49.9 Å². The van der Waals surface area contributed by atoms with Gasteiger partial charge in [-0.2, -0.15) is 0 Å². The standard InChI is InChI=1S/C62H73F3N8O7S/c1-38(2)46-8-6-7-9-47(46)53-36-71(35-41-10-14-45(15-11-41)79-39(3)63)26-27-73(53)44-32-62(33-44)22-24-72(25-23-62)43-13-16-48(54(29-43)80-55-30-49-42(28-51(55)65)12-17-50(49)64)60(74)69-81(77,78)56-31-52(70(5)76)57(59-58(56)67-37-68-59)66-34-40-18-20-61(4,75)21-19-40/h6-11,13-17,28-31,37-40,44,53,66,70,75H,12,18-27,32-36H2,1-5H3,(H,67,68)(H,69,74)/t39?,40-,53-,61-/m0/s1. The topological polar surface area (TPSA) is 180 Å². The number of imidazole rings is 1. The molecule has 19 heteroatoms. The van der Waals surface area contributed by atoms with Crippen LogP contribution in [0.5, 0.6) is 17.2 Å². The number of nitrogens with zero attached hydrogens (tertiary/aromatic N) is 4. The van der Waals surface area contributed by atoms with Gasteiger partial charge in [0.2, 0.25) is 6.36 Å². The molecule has 5 aromatic carbocycles. The van der Waals surface area contributed by atoms with Gasteiger partial charge in [0.25, 0.3) is 15.9 Å². The van der Waals surface area contributed by atoms with Gasteiger partial charge < -0.3 is 40.1 Å². The van der Waals surface area contributed by atoms with Gasteiger partial charge in [0.1, 0.15) is 33.4 Å². The predicted molar refractivity (Wildman–Crippen MR) is 307 cm³/mol. The molecule has 1 spiro atoms. The number of H-pyrrole nitrogens is 1. The van der Waals surface area contributed by atoms with Crippen LogP contribution in [0.2, 0.25) is 0 Å². The molecule has 1 amide bonds. The molecule has 15 nitrogen and oxygen atoms in total. The summed E-state index contributed by atoms with van der Waals surface area (Å²) in [6, 6.07) is 25.6. The predicted octanol–water partition coefficient (Wildman–Crippen LogP) is 10.6. The number of piperazine rings is 1. The highest BCUT2D eigenvalue weighted by atomic mass is 32.2. The SMILES string of the molecule is CC(F)Oc1ccc(CN2CCN(C3CC4(CCN(c5ccc(C(=O)NS(=O)(=O)c6cc([NH+](C)[O-])c(NC[C@H]7CC[C@](C)(O)CC7)c7[nH]cnc67)c(Oc6cc7c(cc6F)CC=C7F)c5)CC4)C3)[C@H](c3ccccc3C(C)C)C2)cc1. The normalized spacial score (nSPS) is 22.3.